The van der Waals surface area contributed by atoms with Gasteiger partial charge in [-0.3, -0.25) is 4.79 Å². The zero-order valence-electron chi connectivity index (χ0n) is 17.4. The van der Waals surface area contributed by atoms with Gasteiger partial charge in [0, 0.05) is 16.4 Å². The van der Waals surface area contributed by atoms with E-state index >= 15 is 0 Å². The lowest BCUT2D eigenvalue weighted by atomic mass is 10.00. The predicted octanol–water partition coefficient (Wildman–Crippen LogP) is 2.29. The van der Waals surface area contributed by atoms with Gasteiger partial charge in [-0.15, -0.1) is 0 Å². The van der Waals surface area contributed by atoms with Gasteiger partial charge in [-0.25, -0.2) is 0 Å². The second-order valence-corrected chi connectivity index (χ2v) is 1.31. The Bertz CT molecular complexity index is 447. The number of carbonyl (C=O) groups is 1. The molecule has 0 amide bonds. The van der Waals surface area contributed by atoms with Crippen LogP contribution in [0.15, 0.2) is 0 Å². The minimum atomic E-state index is -4.01. The number of hydrogen-bond acceptors (Lipinski definition) is 1. The SMILES string of the molecule is [3H]C([3H])([3H])C([3H])([3H])C([3H])([3H])C([3H])([3H])C([3H])(C(=O)O)C([3H])([3H])C. The lowest BCUT2D eigenvalue weighted by Gasteiger charge is -2.06. The van der Waals surface area contributed by atoms with E-state index in [1.807, 2.05) is 0 Å². The summed E-state index contributed by atoms with van der Waals surface area (Å²) in [5, 5.41) is 9.04. The molecule has 0 aliphatic heterocycles. The van der Waals surface area contributed by atoms with Gasteiger partial charge in [0.1, 0.15) is 0 Å². The molecule has 0 rings (SSSR count). The molecule has 1 N–H and O–H groups in total. The van der Waals surface area contributed by atoms with E-state index in [0.717, 1.165) is 0 Å². The van der Waals surface area contributed by atoms with E-state index in [2.05, 4.69) is 0 Å². The summed E-state index contributed by atoms with van der Waals surface area (Å²) in [6.07, 6.45) is -15.0. The normalized spacial score (nSPS) is 40.9. The summed E-state index contributed by atoms with van der Waals surface area (Å²) >= 11 is 0. The van der Waals surface area contributed by atoms with Gasteiger partial charge in [0.15, 0.2) is 0 Å². The molecule has 1 atom stereocenters. The van der Waals surface area contributed by atoms with Crippen molar-refractivity contribution in [2.24, 2.45) is 5.89 Å². The van der Waals surface area contributed by atoms with E-state index in [4.69, 9.17) is 21.6 Å². The van der Waals surface area contributed by atoms with Crippen LogP contribution >= 0.6 is 0 Å². The Morgan fingerprint density at radius 1 is 2.00 bits per heavy atom. The fourth-order valence-corrected chi connectivity index (χ4v) is 0.317. The lowest BCUT2D eigenvalue weighted by molar-refractivity contribution is -0.142. The molecule has 0 radical (unpaired) electrons. The molecule has 10 heavy (non-hydrogen) atoms. The van der Waals surface area contributed by atoms with E-state index in [9.17, 15) is 4.79 Å². The third kappa shape index (κ3) is 3.49. The molecule has 0 fully saturated rings. The minimum Gasteiger partial charge on any atom is -0.481 e. The number of hydrogen-bond donors (Lipinski definition) is 1. The van der Waals surface area contributed by atoms with Gasteiger partial charge in [0.25, 0.3) is 0 Å². The maximum atomic E-state index is 11.2. The fourth-order valence-electron chi connectivity index (χ4n) is 0.317. The van der Waals surface area contributed by atoms with Gasteiger partial charge in [-0.2, -0.15) is 0 Å². The molecule has 1 unspecified atom stereocenters. The summed E-state index contributed by atoms with van der Waals surface area (Å²) in [4.78, 5) is 11.2. The molecular formula is C8H16O2. The first-order chi connectivity index (χ1) is 9.19. The van der Waals surface area contributed by atoms with Crippen molar-refractivity contribution in [1.82, 2.24) is 0 Å². The Labute approximate surface area is 79.1 Å². The molecule has 0 aromatic heterocycles. The Morgan fingerprint density at radius 2 is 2.70 bits per heavy atom. The van der Waals surface area contributed by atoms with Crippen LogP contribution < -0.4 is 0 Å². The quantitative estimate of drug-likeness (QED) is 0.684. The molecule has 0 spiro atoms. The van der Waals surface area contributed by atoms with Crippen LogP contribution in [-0.2, 0) is 4.79 Å². The highest BCUT2D eigenvalue weighted by atomic mass is 16.4. The van der Waals surface area contributed by atoms with Crippen molar-refractivity contribution in [2.45, 2.75) is 39.3 Å². The summed E-state index contributed by atoms with van der Waals surface area (Å²) in [6, 6.07) is 0. The molecular weight excluding hydrogens is 128 g/mol. The molecule has 0 bridgehead atoms. The molecule has 0 aliphatic rings. The molecule has 0 aliphatic carbocycles. The predicted molar refractivity (Wildman–Crippen MR) is 40.9 cm³/mol. The fraction of sp³-hybridized carbons (Fsp3) is 0.875. The largest absolute Gasteiger partial charge is 0.481 e. The van der Waals surface area contributed by atoms with Crippen LogP contribution in [-0.4, -0.2) is 11.1 Å². The first-order valence-electron chi connectivity index (χ1n) is 8.43. The van der Waals surface area contributed by atoms with Gasteiger partial charge in [0.2, 0.25) is 0 Å². The van der Waals surface area contributed by atoms with Crippen molar-refractivity contribution in [2.75, 3.05) is 0 Å². The van der Waals surface area contributed by atoms with E-state index in [-0.39, 0.29) is 0 Å². The summed E-state index contributed by atoms with van der Waals surface area (Å²) in [5.41, 5.74) is 0. The maximum absolute atomic E-state index is 11.2. The topological polar surface area (TPSA) is 37.3 Å². The van der Waals surface area contributed by atoms with Gasteiger partial charge in [-0.05, 0) is 12.7 Å². The molecule has 0 aromatic carbocycles. The number of carboxylic acids is 1. The summed E-state index contributed by atoms with van der Waals surface area (Å²) in [5.74, 6) is -6.17. The van der Waals surface area contributed by atoms with E-state index in [1.54, 1.807) is 0 Å². The standard InChI is InChI=1S/C8H16O2/c1-3-5-6-7(4-2)8(9)10/h7H,3-6H2,1-2H3,(H,9,10)/i1T3,3T2,4T2,5T2,6T2,7T. The Morgan fingerprint density at radius 3 is 3.10 bits per heavy atom. The molecule has 0 heterocycles. The Balaban J connectivity index is 6.49. The third-order valence-electron chi connectivity index (χ3n) is 0.714. The van der Waals surface area contributed by atoms with Gasteiger partial charge < -0.3 is 5.11 Å². The van der Waals surface area contributed by atoms with Gasteiger partial charge in [-0.1, -0.05) is 26.5 Å². The summed E-state index contributed by atoms with van der Waals surface area (Å²) in [7, 11) is 0. The highest BCUT2D eigenvalue weighted by molar-refractivity contribution is 5.69. The lowest BCUT2D eigenvalue weighted by Crippen LogP contribution is -2.11. The number of rotatable bonds is 5. The molecule has 0 aromatic rings. The highest BCUT2D eigenvalue weighted by Crippen LogP contribution is 2.11. The van der Waals surface area contributed by atoms with Crippen LogP contribution in [0.5, 0.6) is 0 Å². The highest BCUT2D eigenvalue weighted by Gasteiger charge is 2.12. The number of carboxylic acid groups (broad SMARTS) is 1. The van der Waals surface area contributed by atoms with Crippen LogP contribution in [0.2, 0.25) is 0 Å². The number of aliphatic carboxylic acids is 1. The van der Waals surface area contributed by atoms with Crippen molar-refractivity contribution < 1.29 is 26.4 Å². The van der Waals surface area contributed by atoms with Crippen molar-refractivity contribution in [3.63, 3.8) is 0 Å². The van der Waals surface area contributed by atoms with Crippen LogP contribution in [0, 0.1) is 5.89 Å². The maximum Gasteiger partial charge on any atom is 0.306 e. The second-order valence-electron chi connectivity index (χ2n) is 1.31. The zero-order chi connectivity index (χ0) is 18.6. The molecule has 0 saturated carbocycles. The average molecular weight is 168 g/mol. The Kier molecular flexibility index (Phi) is 0.854. The van der Waals surface area contributed by atoms with Crippen molar-refractivity contribution in [3.8, 4) is 0 Å². The van der Waals surface area contributed by atoms with Gasteiger partial charge in [0.05, 0.1) is 5.89 Å². The van der Waals surface area contributed by atoms with Crippen LogP contribution in [0.1, 0.15) is 55.7 Å². The zero-order valence-corrected chi connectivity index (χ0v) is 5.36. The van der Waals surface area contributed by atoms with Crippen LogP contribution in [0.3, 0.4) is 0 Å². The summed E-state index contributed by atoms with van der Waals surface area (Å²) in [6.45, 7) is -3.14. The van der Waals surface area contributed by atoms with E-state index in [1.165, 1.54) is 0 Å². The minimum absolute atomic E-state index is 0.521. The molecule has 2 heteroatoms. The molecule has 60 valence electrons. The summed E-state index contributed by atoms with van der Waals surface area (Å²) < 4.78 is 88.2. The molecule has 2 nitrogen and oxygen atoms in total. The first kappa shape index (κ1) is 1.62. The van der Waals surface area contributed by atoms with E-state index in [0.29, 0.717) is 6.92 Å². The average Bonchev–Trinajstić information content (AvgIpc) is 2.23. The monoisotopic (exact) mass is 168 g/mol. The van der Waals surface area contributed by atoms with Crippen LogP contribution in [0.4, 0.5) is 0 Å². The smallest absolute Gasteiger partial charge is 0.306 e. The van der Waals surface area contributed by atoms with Gasteiger partial charge >= 0.3 is 5.97 Å². The van der Waals surface area contributed by atoms with Crippen molar-refractivity contribution in [1.29, 1.82) is 0 Å². The van der Waals surface area contributed by atoms with Crippen molar-refractivity contribution >= 4 is 5.97 Å². The molecule has 0 saturated heterocycles. The second kappa shape index (κ2) is 5.27. The first-order valence-corrected chi connectivity index (χ1v) is 2.43. The van der Waals surface area contributed by atoms with Crippen LogP contribution in [0.25, 0.3) is 0 Å². The Hall–Kier alpha value is -0.530. The van der Waals surface area contributed by atoms with E-state index < -0.39 is 44.2 Å². The van der Waals surface area contributed by atoms with Crippen molar-refractivity contribution in [3.05, 3.63) is 0 Å². The third-order valence-corrected chi connectivity index (χ3v) is 0.714.